The van der Waals surface area contributed by atoms with Gasteiger partial charge in [0.2, 0.25) is 0 Å². The second kappa shape index (κ2) is 5.39. The summed E-state index contributed by atoms with van der Waals surface area (Å²) in [5, 5.41) is 10.2. The zero-order valence-corrected chi connectivity index (χ0v) is 11.4. The molecule has 0 spiro atoms. The summed E-state index contributed by atoms with van der Waals surface area (Å²) in [4.78, 5) is 2.35. The lowest BCUT2D eigenvalue weighted by molar-refractivity contribution is 0.121. The fourth-order valence-corrected chi connectivity index (χ4v) is 2.61. The van der Waals surface area contributed by atoms with Gasteiger partial charge in [-0.15, -0.1) is 0 Å². The van der Waals surface area contributed by atoms with E-state index in [1.807, 2.05) is 24.3 Å². The Hall–Kier alpha value is -0.900. The summed E-state index contributed by atoms with van der Waals surface area (Å²) in [5.41, 5.74) is 8.05. The van der Waals surface area contributed by atoms with Crippen LogP contribution in [-0.4, -0.2) is 29.6 Å². The van der Waals surface area contributed by atoms with Crippen molar-refractivity contribution in [2.75, 3.05) is 19.6 Å². The van der Waals surface area contributed by atoms with E-state index in [1.54, 1.807) is 0 Å². The van der Waals surface area contributed by atoms with Crippen LogP contribution in [0, 0.1) is 5.41 Å². The van der Waals surface area contributed by atoms with Gasteiger partial charge in [0, 0.05) is 19.6 Å². The van der Waals surface area contributed by atoms with Crippen LogP contribution in [0.3, 0.4) is 0 Å². The molecule has 1 unspecified atom stereocenters. The first-order chi connectivity index (χ1) is 8.50. The molecule has 0 aromatic heterocycles. The van der Waals surface area contributed by atoms with Crippen molar-refractivity contribution in [3.8, 4) is 0 Å². The molecule has 1 aromatic carbocycles. The summed E-state index contributed by atoms with van der Waals surface area (Å²) < 4.78 is 0. The van der Waals surface area contributed by atoms with E-state index in [9.17, 15) is 5.11 Å². The van der Waals surface area contributed by atoms with E-state index in [0.29, 0.717) is 12.0 Å². The van der Waals surface area contributed by atoms with Crippen molar-refractivity contribution in [1.82, 2.24) is 4.90 Å². The molecule has 0 aliphatic carbocycles. The Bertz CT molecular complexity index is 386. The molecule has 0 amide bonds. The number of nitrogens with zero attached hydrogens (tertiary/aromatic N) is 1. The van der Waals surface area contributed by atoms with E-state index in [0.717, 1.165) is 30.8 Å². The number of β-amino-alcohol motifs (C(OH)–C–C–N with tert-alkyl or cyclic N) is 1. The molecule has 1 atom stereocenters. The molecule has 0 saturated carbocycles. The van der Waals surface area contributed by atoms with Gasteiger partial charge in [-0.05, 0) is 29.5 Å². The predicted molar refractivity (Wildman–Crippen MR) is 74.1 cm³/mol. The van der Waals surface area contributed by atoms with E-state index in [-0.39, 0.29) is 0 Å². The van der Waals surface area contributed by atoms with Crippen molar-refractivity contribution in [2.24, 2.45) is 11.1 Å². The summed E-state index contributed by atoms with van der Waals surface area (Å²) in [5.74, 6) is 0. The Kier molecular flexibility index (Phi) is 4.05. The van der Waals surface area contributed by atoms with E-state index in [2.05, 4.69) is 18.7 Å². The molecule has 1 aromatic rings. The number of rotatable bonds is 4. The summed E-state index contributed by atoms with van der Waals surface area (Å²) in [6, 6.07) is 7.95. The summed E-state index contributed by atoms with van der Waals surface area (Å²) >= 11 is 0. The minimum atomic E-state index is -0.397. The zero-order valence-electron chi connectivity index (χ0n) is 11.4. The van der Waals surface area contributed by atoms with Crippen LogP contribution in [0.5, 0.6) is 0 Å². The van der Waals surface area contributed by atoms with E-state index < -0.39 is 6.10 Å². The minimum Gasteiger partial charge on any atom is -0.387 e. The van der Waals surface area contributed by atoms with Crippen molar-refractivity contribution >= 4 is 0 Å². The first kappa shape index (κ1) is 13.5. The number of benzene rings is 1. The molecular formula is C15H24N2O. The quantitative estimate of drug-likeness (QED) is 0.856. The molecule has 0 radical (unpaired) electrons. The fourth-order valence-electron chi connectivity index (χ4n) is 2.61. The molecule has 18 heavy (non-hydrogen) atoms. The third kappa shape index (κ3) is 3.31. The SMILES string of the molecule is CC1(C)CCN(CC(O)c2ccc(CN)cc2)C1. The largest absolute Gasteiger partial charge is 0.387 e. The lowest BCUT2D eigenvalue weighted by atomic mass is 9.93. The molecule has 100 valence electrons. The highest BCUT2D eigenvalue weighted by Crippen LogP contribution is 2.30. The number of aliphatic hydroxyl groups is 1. The highest BCUT2D eigenvalue weighted by Gasteiger charge is 2.30. The molecule has 2 rings (SSSR count). The van der Waals surface area contributed by atoms with Gasteiger partial charge in [-0.1, -0.05) is 38.1 Å². The molecule has 1 heterocycles. The summed E-state index contributed by atoms with van der Waals surface area (Å²) in [6.45, 7) is 8.02. The van der Waals surface area contributed by atoms with Crippen LogP contribution in [0.4, 0.5) is 0 Å². The molecule has 3 N–H and O–H groups in total. The second-order valence-corrected chi connectivity index (χ2v) is 6.11. The Morgan fingerprint density at radius 2 is 2.00 bits per heavy atom. The van der Waals surface area contributed by atoms with Crippen LogP contribution in [0.1, 0.15) is 37.5 Å². The van der Waals surface area contributed by atoms with Gasteiger partial charge in [0.1, 0.15) is 0 Å². The Balaban J connectivity index is 1.93. The fraction of sp³-hybridized carbons (Fsp3) is 0.600. The number of likely N-dealkylation sites (tertiary alicyclic amines) is 1. The van der Waals surface area contributed by atoms with Crippen LogP contribution < -0.4 is 5.73 Å². The average molecular weight is 248 g/mol. The maximum Gasteiger partial charge on any atom is 0.0916 e. The van der Waals surface area contributed by atoms with Crippen molar-refractivity contribution in [3.63, 3.8) is 0 Å². The monoisotopic (exact) mass is 248 g/mol. The maximum absolute atomic E-state index is 10.2. The third-order valence-corrected chi connectivity index (χ3v) is 3.79. The maximum atomic E-state index is 10.2. The topological polar surface area (TPSA) is 49.5 Å². The lowest BCUT2D eigenvalue weighted by Crippen LogP contribution is -2.28. The first-order valence-electron chi connectivity index (χ1n) is 6.69. The molecule has 1 aliphatic rings. The zero-order chi connectivity index (χ0) is 13.2. The van der Waals surface area contributed by atoms with Gasteiger partial charge in [-0.2, -0.15) is 0 Å². The molecular weight excluding hydrogens is 224 g/mol. The number of nitrogens with two attached hydrogens (primary N) is 1. The molecule has 1 saturated heterocycles. The van der Waals surface area contributed by atoms with E-state index >= 15 is 0 Å². The van der Waals surface area contributed by atoms with Gasteiger partial charge >= 0.3 is 0 Å². The van der Waals surface area contributed by atoms with Crippen molar-refractivity contribution in [1.29, 1.82) is 0 Å². The summed E-state index contributed by atoms with van der Waals surface area (Å²) in [6.07, 6.45) is 0.817. The Morgan fingerprint density at radius 1 is 1.33 bits per heavy atom. The smallest absolute Gasteiger partial charge is 0.0916 e. The van der Waals surface area contributed by atoms with Crippen LogP contribution in [0.2, 0.25) is 0 Å². The average Bonchev–Trinajstić information content (AvgIpc) is 2.68. The van der Waals surface area contributed by atoms with Crippen LogP contribution >= 0.6 is 0 Å². The van der Waals surface area contributed by atoms with Gasteiger partial charge in [0.25, 0.3) is 0 Å². The van der Waals surface area contributed by atoms with E-state index in [1.165, 1.54) is 6.42 Å². The first-order valence-corrected chi connectivity index (χ1v) is 6.69. The van der Waals surface area contributed by atoms with Gasteiger partial charge in [0.05, 0.1) is 6.10 Å². The second-order valence-electron chi connectivity index (χ2n) is 6.11. The van der Waals surface area contributed by atoms with Gasteiger partial charge in [0.15, 0.2) is 0 Å². The lowest BCUT2D eigenvalue weighted by Gasteiger charge is -2.22. The van der Waals surface area contributed by atoms with E-state index in [4.69, 9.17) is 5.73 Å². The number of aliphatic hydroxyl groups excluding tert-OH is 1. The third-order valence-electron chi connectivity index (χ3n) is 3.79. The Morgan fingerprint density at radius 3 is 2.50 bits per heavy atom. The van der Waals surface area contributed by atoms with Crippen LogP contribution in [-0.2, 0) is 6.54 Å². The number of hydrogen-bond donors (Lipinski definition) is 2. The standard InChI is InChI=1S/C15H24N2O/c1-15(2)7-8-17(11-15)10-14(18)13-5-3-12(9-16)4-6-13/h3-6,14,18H,7-11,16H2,1-2H3. The van der Waals surface area contributed by atoms with Gasteiger partial charge in [-0.25, -0.2) is 0 Å². The normalized spacial score (nSPS) is 21.1. The number of hydrogen-bond acceptors (Lipinski definition) is 3. The highest BCUT2D eigenvalue weighted by molar-refractivity contribution is 5.24. The van der Waals surface area contributed by atoms with Gasteiger partial charge in [-0.3, -0.25) is 4.90 Å². The molecule has 1 aliphatic heterocycles. The minimum absolute atomic E-state index is 0.392. The molecule has 3 heteroatoms. The molecule has 1 fully saturated rings. The summed E-state index contributed by atoms with van der Waals surface area (Å²) in [7, 11) is 0. The van der Waals surface area contributed by atoms with Crippen molar-refractivity contribution < 1.29 is 5.11 Å². The molecule has 3 nitrogen and oxygen atoms in total. The van der Waals surface area contributed by atoms with Crippen LogP contribution in [0.25, 0.3) is 0 Å². The highest BCUT2D eigenvalue weighted by atomic mass is 16.3. The van der Waals surface area contributed by atoms with Crippen molar-refractivity contribution in [3.05, 3.63) is 35.4 Å². The van der Waals surface area contributed by atoms with Crippen LogP contribution in [0.15, 0.2) is 24.3 Å². The van der Waals surface area contributed by atoms with Gasteiger partial charge < -0.3 is 10.8 Å². The molecule has 0 bridgehead atoms. The Labute approximate surface area is 110 Å². The van der Waals surface area contributed by atoms with Crippen molar-refractivity contribution in [2.45, 2.75) is 32.9 Å². The predicted octanol–water partition coefficient (Wildman–Crippen LogP) is 1.91.